The maximum atomic E-state index is 12.6. The first-order chi connectivity index (χ1) is 11.2. The molecule has 0 aliphatic carbocycles. The third kappa shape index (κ3) is 2.67. The highest BCUT2D eigenvalue weighted by Crippen LogP contribution is 2.23. The van der Waals surface area contributed by atoms with Crippen molar-refractivity contribution in [2.75, 3.05) is 44.7 Å². The predicted molar refractivity (Wildman–Crippen MR) is 88.5 cm³/mol. The highest BCUT2D eigenvalue weighted by atomic mass is 16.4. The van der Waals surface area contributed by atoms with Gasteiger partial charge in [0.25, 0.3) is 6.01 Å². The molecule has 6 nitrogen and oxygen atoms in total. The van der Waals surface area contributed by atoms with Gasteiger partial charge < -0.3 is 14.2 Å². The Balaban J connectivity index is 1.41. The molecule has 4 rings (SSSR count). The highest BCUT2D eigenvalue weighted by molar-refractivity contribution is 5.82. The number of benzene rings is 1. The molecule has 0 bridgehead atoms. The summed E-state index contributed by atoms with van der Waals surface area (Å²) in [7, 11) is 2.05. The van der Waals surface area contributed by atoms with Crippen molar-refractivity contribution in [1.82, 2.24) is 14.8 Å². The smallest absolute Gasteiger partial charge is 0.298 e. The molecule has 2 aliphatic rings. The Bertz CT molecular complexity index is 672. The molecule has 122 valence electrons. The minimum absolute atomic E-state index is 0.0749. The minimum Gasteiger partial charge on any atom is -0.423 e. The zero-order valence-corrected chi connectivity index (χ0v) is 13.4. The van der Waals surface area contributed by atoms with E-state index in [4.69, 9.17) is 4.42 Å². The van der Waals surface area contributed by atoms with Gasteiger partial charge in [-0.15, -0.1) is 0 Å². The molecule has 0 N–H and O–H groups in total. The van der Waals surface area contributed by atoms with Gasteiger partial charge in [0.2, 0.25) is 5.91 Å². The summed E-state index contributed by atoms with van der Waals surface area (Å²) in [5.74, 6) is 0.280. The number of carbonyl (C=O) groups is 1. The van der Waals surface area contributed by atoms with Crippen LogP contribution in [0.25, 0.3) is 11.1 Å². The van der Waals surface area contributed by atoms with Crippen molar-refractivity contribution in [3.8, 4) is 0 Å². The second-order valence-electron chi connectivity index (χ2n) is 6.42. The summed E-state index contributed by atoms with van der Waals surface area (Å²) in [6, 6.07) is 8.54. The first kappa shape index (κ1) is 14.5. The lowest BCUT2D eigenvalue weighted by atomic mass is 10.2. The van der Waals surface area contributed by atoms with E-state index in [1.54, 1.807) is 0 Å². The molecule has 0 spiro atoms. The Hall–Kier alpha value is -2.08. The summed E-state index contributed by atoms with van der Waals surface area (Å²) in [5, 5.41) is 0. The van der Waals surface area contributed by atoms with Gasteiger partial charge >= 0.3 is 0 Å². The number of amides is 1. The molecule has 6 heteroatoms. The number of hydrogen-bond acceptors (Lipinski definition) is 5. The Morgan fingerprint density at radius 3 is 2.65 bits per heavy atom. The molecule has 1 unspecified atom stereocenters. The molecule has 23 heavy (non-hydrogen) atoms. The SMILES string of the molecule is CN1CCCC1C(=O)N1CCN(c2nc3ccccc3o2)CC1. The lowest BCUT2D eigenvalue weighted by Gasteiger charge is -2.36. The third-order valence-electron chi connectivity index (χ3n) is 4.95. The van der Waals surface area contributed by atoms with Gasteiger partial charge in [-0.2, -0.15) is 4.98 Å². The van der Waals surface area contributed by atoms with E-state index in [9.17, 15) is 4.79 Å². The Labute approximate surface area is 135 Å². The maximum absolute atomic E-state index is 12.6. The van der Waals surface area contributed by atoms with E-state index in [2.05, 4.69) is 14.8 Å². The average Bonchev–Trinajstić information content (AvgIpc) is 3.20. The van der Waals surface area contributed by atoms with Gasteiger partial charge in [0.15, 0.2) is 5.58 Å². The van der Waals surface area contributed by atoms with Gasteiger partial charge in [-0.3, -0.25) is 9.69 Å². The summed E-state index contributed by atoms with van der Waals surface area (Å²) in [6.45, 7) is 4.05. The minimum atomic E-state index is 0.0749. The van der Waals surface area contributed by atoms with Crippen LogP contribution in [-0.4, -0.2) is 66.5 Å². The first-order valence-corrected chi connectivity index (χ1v) is 8.32. The van der Waals surface area contributed by atoms with Crippen LogP contribution in [-0.2, 0) is 4.79 Å². The topological polar surface area (TPSA) is 52.8 Å². The molecule has 1 aromatic carbocycles. The summed E-state index contributed by atoms with van der Waals surface area (Å²) in [6.07, 6.45) is 2.11. The van der Waals surface area contributed by atoms with Crippen LogP contribution in [0.15, 0.2) is 28.7 Å². The second kappa shape index (κ2) is 5.85. The Morgan fingerprint density at radius 1 is 1.17 bits per heavy atom. The fourth-order valence-electron chi connectivity index (χ4n) is 3.55. The van der Waals surface area contributed by atoms with Gasteiger partial charge in [-0.1, -0.05) is 12.1 Å². The van der Waals surface area contributed by atoms with Crippen LogP contribution < -0.4 is 4.90 Å². The van der Waals surface area contributed by atoms with Crippen LogP contribution >= 0.6 is 0 Å². The lowest BCUT2D eigenvalue weighted by molar-refractivity contribution is -0.135. The zero-order chi connectivity index (χ0) is 15.8. The summed E-state index contributed by atoms with van der Waals surface area (Å²) in [5.41, 5.74) is 1.70. The van der Waals surface area contributed by atoms with Crippen molar-refractivity contribution in [3.63, 3.8) is 0 Å². The molecule has 0 saturated carbocycles. The van der Waals surface area contributed by atoms with Crippen molar-refractivity contribution in [2.45, 2.75) is 18.9 Å². The zero-order valence-electron chi connectivity index (χ0n) is 13.4. The number of aromatic nitrogens is 1. The van der Waals surface area contributed by atoms with Crippen LogP contribution in [0.3, 0.4) is 0 Å². The van der Waals surface area contributed by atoms with Gasteiger partial charge in [0, 0.05) is 26.2 Å². The van der Waals surface area contributed by atoms with E-state index in [-0.39, 0.29) is 11.9 Å². The molecule has 0 radical (unpaired) electrons. The fraction of sp³-hybridized carbons (Fsp3) is 0.529. The fourth-order valence-corrected chi connectivity index (χ4v) is 3.55. The first-order valence-electron chi connectivity index (χ1n) is 8.32. The van der Waals surface area contributed by atoms with E-state index >= 15 is 0 Å². The van der Waals surface area contributed by atoms with E-state index < -0.39 is 0 Å². The number of carbonyl (C=O) groups excluding carboxylic acids is 1. The van der Waals surface area contributed by atoms with Crippen molar-refractivity contribution in [2.24, 2.45) is 0 Å². The lowest BCUT2D eigenvalue weighted by Crippen LogP contribution is -2.53. The second-order valence-corrected chi connectivity index (χ2v) is 6.42. The number of oxazole rings is 1. The molecule has 2 saturated heterocycles. The number of para-hydroxylation sites is 2. The number of hydrogen-bond donors (Lipinski definition) is 0. The number of likely N-dealkylation sites (tertiary alicyclic amines) is 1. The molecular weight excluding hydrogens is 292 g/mol. The van der Waals surface area contributed by atoms with Gasteiger partial charge in [0.05, 0.1) is 6.04 Å². The molecule has 2 aliphatic heterocycles. The van der Waals surface area contributed by atoms with Crippen LogP contribution in [0.1, 0.15) is 12.8 Å². The molecule has 1 atom stereocenters. The molecule has 1 amide bonds. The van der Waals surface area contributed by atoms with Crippen LogP contribution in [0, 0.1) is 0 Å². The van der Waals surface area contributed by atoms with Crippen molar-refractivity contribution in [1.29, 1.82) is 0 Å². The van der Waals surface area contributed by atoms with Crippen molar-refractivity contribution in [3.05, 3.63) is 24.3 Å². The Morgan fingerprint density at radius 2 is 1.96 bits per heavy atom. The van der Waals surface area contributed by atoms with Gasteiger partial charge in [-0.25, -0.2) is 0 Å². The standard InChI is InChI=1S/C17H22N4O2/c1-19-8-4-6-14(19)16(22)20-9-11-21(12-10-20)17-18-13-5-2-3-7-15(13)23-17/h2-3,5,7,14H,4,6,8-12H2,1H3. The highest BCUT2D eigenvalue weighted by Gasteiger charge is 2.33. The molecule has 3 heterocycles. The van der Waals surface area contributed by atoms with Gasteiger partial charge in [-0.05, 0) is 38.6 Å². The van der Waals surface area contributed by atoms with E-state index in [0.29, 0.717) is 6.01 Å². The molecular formula is C17H22N4O2. The van der Waals surface area contributed by atoms with Crippen molar-refractivity contribution >= 4 is 23.0 Å². The number of fused-ring (bicyclic) bond motifs is 1. The van der Waals surface area contributed by atoms with Crippen LogP contribution in [0.5, 0.6) is 0 Å². The molecule has 2 aromatic rings. The molecule has 1 aromatic heterocycles. The monoisotopic (exact) mass is 314 g/mol. The van der Waals surface area contributed by atoms with E-state index in [0.717, 1.165) is 56.7 Å². The summed E-state index contributed by atoms with van der Waals surface area (Å²) >= 11 is 0. The number of piperazine rings is 1. The summed E-state index contributed by atoms with van der Waals surface area (Å²) < 4.78 is 5.82. The van der Waals surface area contributed by atoms with Crippen LogP contribution in [0.2, 0.25) is 0 Å². The quantitative estimate of drug-likeness (QED) is 0.842. The van der Waals surface area contributed by atoms with E-state index in [1.807, 2.05) is 36.2 Å². The molecule has 2 fully saturated rings. The average molecular weight is 314 g/mol. The maximum Gasteiger partial charge on any atom is 0.298 e. The Kier molecular flexibility index (Phi) is 3.69. The number of anilines is 1. The summed E-state index contributed by atoms with van der Waals surface area (Å²) in [4.78, 5) is 23.5. The number of nitrogens with zero attached hydrogens (tertiary/aromatic N) is 4. The number of rotatable bonds is 2. The van der Waals surface area contributed by atoms with Crippen molar-refractivity contribution < 1.29 is 9.21 Å². The van der Waals surface area contributed by atoms with Gasteiger partial charge in [0.1, 0.15) is 5.52 Å². The number of likely N-dealkylation sites (N-methyl/N-ethyl adjacent to an activating group) is 1. The third-order valence-corrected chi connectivity index (χ3v) is 4.95. The normalized spacial score (nSPS) is 22.9. The van der Waals surface area contributed by atoms with E-state index in [1.165, 1.54) is 0 Å². The van der Waals surface area contributed by atoms with Crippen LogP contribution in [0.4, 0.5) is 6.01 Å². The largest absolute Gasteiger partial charge is 0.423 e. The predicted octanol–water partition coefficient (Wildman–Crippen LogP) is 1.57.